The van der Waals surface area contributed by atoms with E-state index in [0.29, 0.717) is 0 Å². The summed E-state index contributed by atoms with van der Waals surface area (Å²) in [5, 5.41) is 0. The van der Waals surface area contributed by atoms with Crippen molar-refractivity contribution in [2.45, 2.75) is 26.2 Å². The van der Waals surface area contributed by atoms with Crippen molar-refractivity contribution in [3.8, 4) is 0 Å². The maximum atomic E-state index is 2.23. The lowest BCUT2D eigenvalue weighted by molar-refractivity contribution is 0.795. The predicted molar refractivity (Wildman–Crippen MR) is 66.5 cm³/mol. The highest BCUT2D eigenvalue weighted by molar-refractivity contribution is 7.59. The first kappa shape index (κ1) is 14.5. The summed E-state index contributed by atoms with van der Waals surface area (Å²) in [4.78, 5) is 0. The molecule has 0 aliphatic rings. The van der Waals surface area contributed by atoms with E-state index in [9.17, 15) is 0 Å². The fourth-order valence-electron chi connectivity index (χ4n) is 1.03. The summed E-state index contributed by atoms with van der Waals surface area (Å²) in [6.07, 6.45) is 3.83. The second-order valence-electron chi connectivity index (χ2n) is 2.59. The molecule has 0 spiro atoms. The third kappa shape index (κ3) is 5.62. The highest BCUT2D eigenvalue weighted by Gasteiger charge is 1.87. The Balaban J connectivity index is 0. The van der Waals surface area contributed by atoms with E-state index in [1.807, 2.05) is 0 Å². The second-order valence-corrected chi connectivity index (χ2v) is 2.59. The molecule has 0 aliphatic carbocycles. The number of benzene rings is 1. The van der Waals surface area contributed by atoms with Crippen molar-refractivity contribution in [2.75, 3.05) is 0 Å². The molecule has 70 valence electrons. The maximum absolute atomic E-state index is 2.23. The first-order chi connectivity index (χ1) is 4.93. The molecule has 2 heteroatoms. The van der Waals surface area contributed by atoms with Crippen LogP contribution in [0.25, 0.3) is 0 Å². The molecule has 0 amide bonds. The van der Waals surface area contributed by atoms with Crippen LogP contribution in [-0.4, -0.2) is 0 Å². The summed E-state index contributed by atoms with van der Waals surface area (Å²) >= 11 is 0. The van der Waals surface area contributed by atoms with Crippen LogP contribution in [0.3, 0.4) is 0 Å². The molecule has 1 unspecified atom stereocenters. The number of hydrogen-bond acceptors (Lipinski definition) is 0. The van der Waals surface area contributed by atoms with Crippen LogP contribution < -0.4 is 0 Å². The van der Waals surface area contributed by atoms with E-state index >= 15 is 0 Å². The van der Waals surface area contributed by atoms with E-state index in [-0.39, 0.29) is 23.4 Å². The van der Waals surface area contributed by atoms with E-state index in [4.69, 9.17) is 0 Å². The molecular weight excluding hydrogens is 183 g/mol. The molecule has 1 rings (SSSR count). The molecule has 0 saturated carbocycles. The first-order valence-electron chi connectivity index (χ1n) is 3.97. The van der Waals surface area contributed by atoms with Crippen LogP contribution in [0.5, 0.6) is 0 Å². The number of unbranched alkanes of at least 4 members (excludes halogenated alkanes) is 1. The van der Waals surface area contributed by atoms with Gasteiger partial charge in [-0.25, -0.2) is 0 Å². The fourth-order valence-corrected chi connectivity index (χ4v) is 1.03. The lowest BCUT2D eigenvalue weighted by Crippen LogP contribution is -1.81. The highest BCUT2D eigenvalue weighted by atomic mass is 32.1. The van der Waals surface area contributed by atoms with Gasteiger partial charge in [0.25, 0.3) is 0 Å². The van der Waals surface area contributed by atoms with Crippen molar-refractivity contribution < 1.29 is 0 Å². The normalized spacial score (nSPS) is 8.08. The average molecular weight is 202 g/mol. The molecule has 1 atom stereocenters. The molecule has 0 radical (unpaired) electrons. The number of aryl methyl sites for hydroxylation is 1. The van der Waals surface area contributed by atoms with E-state index in [1.54, 1.807) is 0 Å². The van der Waals surface area contributed by atoms with E-state index in [1.165, 1.54) is 24.8 Å². The molecule has 12 heavy (non-hydrogen) atoms. The molecule has 0 fully saturated rings. The molecule has 0 saturated heterocycles. The van der Waals surface area contributed by atoms with Gasteiger partial charge in [0.15, 0.2) is 0 Å². The molecule has 0 aromatic heterocycles. The molecular formula is C10H19PS. The topological polar surface area (TPSA) is 0 Å². The summed E-state index contributed by atoms with van der Waals surface area (Å²) in [5.41, 5.74) is 1.46. The quantitative estimate of drug-likeness (QED) is 0.660. The van der Waals surface area contributed by atoms with Gasteiger partial charge in [-0.15, -0.1) is 0 Å². The Morgan fingerprint density at radius 1 is 1.08 bits per heavy atom. The second kappa shape index (κ2) is 9.09. The average Bonchev–Trinajstić information content (AvgIpc) is 2.03. The molecule has 1 aromatic rings. The molecule has 0 bridgehead atoms. The zero-order chi connectivity index (χ0) is 7.23. The largest absolute Gasteiger partial charge is 0.197 e. The standard InChI is InChI=1S/C10H14.H3P.H2S/c1-2-3-7-10-8-5-4-6-9-10;;/h4-6,8-9H,2-3,7H2,1H3;1H3;1H2. The van der Waals surface area contributed by atoms with Crippen LogP contribution in [0.1, 0.15) is 25.3 Å². The highest BCUT2D eigenvalue weighted by Crippen LogP contribution is 2.03. The Labute approximate surface area is 85.8 Å². The zero-order valence-electron chi connectivity index (χ0n) is 7.72. The number of rotatable bonds is 3. The van der Waals surface area contributed by atoms with Crippen LogP contribution >= 0.6 is 23.4 Å². The Bertz CT molecular complexity index is 174. The predicted octanol–water partition coefficient (Wildman–Crippen LogP) is 3.20. The summed E-state index contributed by atoms with van der Waals surface area (Å²) in [5.74, 6) is 0. The van der Waals surface area contributed by atoms with Gasteiger partial charge in [0.2, 0.25) is 0 Å². The fraction of sp³-hybridized carbons (Fsp3) is 0.400. The Kier molecular flexibility index (Phi) is 11.0. The Hall–Kier alpha value is -0.0000000000000000555. The van der Waals surface area contributed by atoms with Crippen molar-refractivity contribution in [3.05, 3.63) is 35.9 Å². The summed E-state index contributed by atoms with van der Waals surface area (Å²) in [6, 6.07) is 10.6. The van der Waals surface area contributed by atoms with Crippen molar-refractivity contribution in [2.24, 2.45) is 0 Å². The van der Waals surface area contributed by atoms with Gasteiger partial charge in [-0.1, -0.05) is 43.7 Å². The third-order valence-electron chi connectivity index (χ3n) is 1.66. The monoisotopic (exact) mass is 202 g/mol. The van der Waals surface area contributed by atoms with Crippen LogP contribution in [0.15, 0.2) is 30.3 Å². The Morgan fingerprint density at radius 3 is 2.17 bits per heavy atom. The maximum Gasteiger partial charge on any atom is -0.0279 e. The lowest BCUT2D eigenvalue weighted by atomic mass is 10.1. The van der Waals surface area contributed by atoms with Crippen LogP contribution in [-0.2, 0) is 6.42 Å². The molecule has 0 aliphatic heterocycles. The lowest BCUT2D eigenvalue weighted by Gasteiger charge is -1.96. The number of hydrogen-bond donors (Lipinski definition) is 0. The minimum absolute atomic E-state index is 0. The first-order valence-corrected chi connectivity index (χ1v) is 3.97. The van der Waals surface area contributed by atoms with Crippen molar-refractivity contribution >= 4 is 23.4 Å². The van der Waals surface area contributed by atoms with Crippen LogP contribution in [0, 0.1) is 0 Å². The van der Waals surface area contributed by atoms with Crippen LogP contribution in [0.4, 0.5) is 0 Å². The summed E-state index contributed by atoms with van der Waals surface area (Å²) in [6.45, 7) is 2.23. The van der Waals surface area contributed by atoms with Gasteiger partial charge < -0.3 is 0 Å². The van der Waals surface area contributed by atoms with Gasteiger partial charge in [0.1, 0.15) is 0 Å². The summed E-state index contributed by atoms with van der Waals surface area (Å²) in [7, 11) is 0. The summed E-state index contributed by atoms with van der Waals surface area (Å²) < 4.78 is 0. The van der Waals surface area contributed by atoms with Crippen molar-refractivity contribution in [3.63, 3.8) is 0 Å². The van der Waals surface area contributed by atoms with Crippen molar-refractivity contribution in [1.29, 1.82) is 0 Å². The zero-order valence-corrected chi connectivity index (χ0v) is 10.1. The van der Waals surface area contributed by atoms with Gasteiger partial charge in [0.05, 0.1) is 0 Å². The molecule has 0 heterocycles. The Morgan fingerprint density at radius 2 is 1.67 bits per heavy atom. The smallest absolute Gasteiger partial charge is 0.0279 e. The van der Waals surface area contributed by atoms with Gasteiger partial charge in [-0.05, 0) is 18.4 Å². The molecule has 0 nitrogen and oxygen atoms in total. The van der Waals surface area contributed by atoms with Crippen LogP contribution in [0.2, 0.25) is 0 Å². The van der Waals surface area contributed by atoms with E-state index < -0.39 is 0 Å². The minimum Gasteiger partial charge on any atom is -0.197 e. The third-order valence-corrected chi connectivity index (χ3v) is 1.66. The van der Waals surface area contributed by atoms with Gasteiger partial charge in [0, 0.05) is 0 Å². The molecule has 0 N–H and O–H groups in total. The van der Waals surface area contributed by atoms with Gasteiger partial charge in [-0.3, -0.25) is 0 Å². The van der Waals surface area contributed by atoms with E-state index in [2.05, 4.69) is 37.3 Å². The minimum atomic E-state index is 0. The van der Waals surface area contributed by atoms with Crippen molar-refractivity contribution in [1.82, 2.24) is 0 Å². The molecule has 1 aromatic carbocycles. The van der Waals surface area contributed by atoms with E-state index in [0.717, 1.165) is 0 Å². The van der Waals surface area contributed by atoms with Gasteiger partial charge >= 0.3 is 0 Å². The SMILES string of the molecule is CCCCc1ccccc1.P.S. The van der Waals surface area contributed by atoms with Gasteiger partial charge in [-0.2, -0.15) is 23.4 Å².